The van der Waals surface area contributed by atoms with E-state index in [4.69, 9.17) is 5.11 Å². The molecule has 2 N–H and O–H groups in total. The third-order valence-electron chi connectivity index (χ3n) is 4.22. The second-order valence-corrected chi connectivity index (χ2v) is 5.87. The summed E-state index contributed by atoms with van der Waals surface area (Å²) in [7, 11) is 0. The zero-order chi connectivity index (χ0) is 14.5. The van der Waals surface area contributed by atoms with E-state index in [-0.39, 0.29) is 18.3 Å². The average Bonchev–Trinajstić information content (AvgIpc) is 2.86. The van der Waals surface area contributed by atoms with Gasteiger partial charge in [-0.25, -0.2) is 4.39 Å². The molecule has 3 nitrogen and oxygen atoms in total. The van der Waals surface area contributed by atoms with Crippen molar-refractivity contribution in [2.45, 2.75) is 25.9 Å². The van der Waals surface area contributed by atoms with Crippen LogP contribution in [0.2, 0.25) is 0 Å². The Balaban J connectivity index is 1.89. The van der Waals surface area contributed by atoms with Gasteiger partial charge >= 0.3 is 0 Å². The maximum Gasteiger partial charge on any atom is 0.129 e. The fourth-order valence-electron chi connectivity index (χ4n) is 3.03. The van der Waals surface area contributed by atoms with Gasteiger partial charge in [-0.2, -0.15) is 0 Å². The number of rotatable bonds is 6. The molecule has 0 spiro atoms. The number of likely N-dealkylation sites (tertiary alicyclic amines) is 1. The molecule has 3 atom stereocenters. The molecular weight excluding hydrogens is 257 g/mol. The number of nitrogens with zero attached hydrogens (tertiary/aromatic N) is 1. The summed E-state index contributed by atoms with van der Waals surface area (Å²) >= 11 is 0. The lowest BCUT2D eigenvalue weighted by Gasteiger charge is -2.25. The van der Waals surface area contributed by atoms with Crippen LogP contribution in [0, 0.1) is 17.7 Å². The third kappa shape index (κ3) is 3.78. The smallest absolute Gasteiger partial charge is 0.129 e. The molecule has 112 valence electrons. The van der Waals surface area contributed by atoms with Gasteiger partial charge in [-0.3, -0.25) is 0 Å². The van der Waals surface area contributed by atoms with Crippen molar-refractivity contribution in [3.05, 3.63) is 35.6 Å². The topological polar surface area (TPSA) is 43.7 Å². The Hall–Kier alpha value is -0.970. The van der Waals surface area contributed by atoms with E-state index in [0.717, 1.165) is 32.5 Å². The minimum Gasteiger partial charge on any atom is -0.396 e. The van der Waals surface area contributed by atoms with Gasteiger partial charge in [0, 0.05) is 25.3 Å². The molecule has 2 rings (SSSR count). The first kappa shape index (κ1) is 15.4. The van der Waals surface area contributed by atoms with Gasteiger partial charge in [-0.15, -0.1) is 0 Å². The van der Waals surface area contributed by atoms with Gasteiger partial charge in [0.25, 0.3) is 0 Å². The minimum absolute atomic E-state index is 0.0141. The van der Waals surface area contributed by atoms with Crippen LogP contribution in [0.3, 0.4) is 0 Å². The SMILES string of the molecule is CC(CN1CCC(CCO)C1)C(O)c1ccccc1F. The van der Waals surface area contributed by atoms with Crippen LogP contribution in [-0.2, 0) is 0 Å². The van der Waals surface area contributed by atoms with Gasteiger partial charge in [-0.1, -0.05) is 25.1 Å². The van der Waals surface area contributed by atoms with E-state index in [1.807, 2.05) is 6.92 Å². The molecule has 0 radical (unpaired) electrons. The van der Waals surface area contributed by atoms with Gasteiger partial charge < -0.3 is 15.1 Å². The van der Waals surface area contributed by atoms with Crippen molar-refractivity contribution in [2.24, 2.45) is 11.8 Å². The first-order chi connectivity index (χ1) is 9.61. The number of hydrogen-bond acceptors (Lipinski definition) is 3. The van der Waals surface area contributed by atoms with Gasteiger partial charge in [0.2, 0.25) is 0 Å². The number of hydrogen-bond donors (Lipinski definition) is 2. The maximum atomic E-state index is 13.7. The Morgan fingerprint density at radius 2 is 2.15 bits per heavy atom. The fraction of sp³-hybridized carbons (Fsp3) is 0.625. The van der Waals surface area contributed by atoms with Gasteiger partial charge in [-0.05, 0) is 37.3 Å². The number of benzene rings is 1. The zero-order valence-electron chi connectivity index (χ0n) is 12.0. The van der Waals surface area contributed by atoms with Gasteiger partial charge in [0.1, 0.15) is 5.82 Å². The van der Waals surface area contributed by atoms with E-state index in [9.17, 15) is 9.50 Å². The molecule has 1 fully saturated rings. The van der Waals surface area contributed by atoms with Crippen LogP contribution in [0.25, 0.3) is 0 Å². The van der Waals surface area contributed by atoms with E-state index in [1.54, 1.807) is 18.2 Å². The van der Waals surface area contributed by atoms with Crippen LogP contribution in [-0.4, -0.2) is 41.4 Å². The van der Waals surface area contributed by atoms with Crippen LogP contribution in [0.1, 0.15) is 31.4 Å². The summed E-state index contributed by atoms with van der Waals surface area (Å²) in [5.41, 5.74) is 0.381. The summed E-state index contributed by atoms with van der Waals surface area (Å²) in [6.07, 6.45) is 1.18. The molecule has 1 saturated heterocycles. The normalized spacial score (nSPS) is 22.9. The molecule has 4 heteroatoms. The summed E-state index contributed by atoms with van der Waals surface area (Å²) in [5, 5.41) is 19.3. The highest BCUT2D eigenvalue weighted by atomic mass is 19.1. The Morgan fingerprint density at radius 1 is 1.40 bits per heavy atom. The van der Waals surface area contributed by atoms with Gasteiger partial charge in [0.05, 0.1) is 6.10 Å². The Labute approximate surface area is 120 Å². The van der Waals surface area contributed by atoms with Crippen LogP contribution in [0.5, 0.6) is 0 Å². The number of halogens is 1. The van der Waals surface area contributed by atoms with Crippen molar-refractivity contribution < 1.29 is 14.6 Å². The van der Waals surface area contributed by atoms with Crippen LogP contribution < -0.4 is 0 Å². The fourth-order valence-corrected chi connectivity index (χ4v) is 3.03. The summed E-state index contributed by atoms with van der Waals surface area (Å²) in [5.74, 6) is 0.198. The van der Waals surface area contributed by atoms with Crippen LogP contribution >= 0.6 is 0 Å². The first-order valence-corrected chi connectivity index (χ1v) is 7.37. The Bertz CT molecular complexity index is 427. The monoisotopic (exact) mass is 281 g/mol. The largest absolute Gasteiger partial charge is 0.396 e. The molecule has 1 heterocycles. The van der Waals surface area contributed by atoms with Crippen molar-refractivity contribution in [2.75, 3.05) is 26.2 Å². The molecule has 1 aromatic carbocycles. The Morgan fingerprint density at radius 3 is 2.85 bits per heavy atom. The second kappa shape index (κ2) is 7.16. The van der Waals surface area contributed by atoms with Crippen molar-refractivity contribution in [1.82, 2.24) is 4.90 Å². The highest BCUT2D eigenvalue weighted by Crippen LogP contribution is 2.27. The van der Waals surface area contributed by atoms with Crippen molar-refractivity contribution in [1.29, 1.82) is 0 Å². The van der Waals surface area contributed by atoms with Crippen molar-refractivity contribution >= 4 is 0 Å². The van der Waals surface area contributed by atoms with Crippen LogP contribution in [0.15, 0.2) is 24.3 Å². The summed E-state index contributed by atoms with van der Waals surface area (Å²) in [6.45, 7) is 4.92. The van der Waals surface area contributed by atoms with Crippen molar-refractivity contribution in [3.8, 4) is 0 Å². The third-order valence-corrected chi connectivity index (χ3v) is 4.22. The standard InChI is InChI=1S/C16H24FNO2/c1-12(10-18-8-6-13(11-18)7-9-19)16(20)14-4-2-3-5-15(14)17/h2-5,12-13,16,19-20H,6-11H2,1H3. The van der Waals surface area contributed by atoms with E-state index >= 15 is 0 Å². The van der Waals surface area contributed by atoms with Gasteiger partial charge in [0.15, 0.2) is 0 Å². The lowest BCUT2D eigenvalue weighted by Crippen LogP contribution is -2.29. The molecule has 0 bridgehead atoms. The highest BCUT2D eigenvalue weighted by molar-refractivity contribution is 5.20. The summed E-state index contributed by atoms with van der Waals surface area (Å²) in [6, 6.07) is 6.42. The molecular formula is C16H24FNO2. The van der Waals surface area contributed by atoms with E-state index in [0.29, 0.717) is 11.5 Å². The van der Waals surface area contributed by atoms with E-state index in [2.05, 4.69) is 4.90 Å². The highest BCUT2D eigenvalue weighted by Gasteiger charge is 2.26. The van der Waals surface area contributed by atoms with Crippen molar-refractivity contribution in [3.63, 3.8) is 0 Å². The molecule has 0 aromatic heterocycles. The Kier molecular flexibility index (Phi) is 5.52. The predicted molar refractivity (Wildman–Crippen MR) is 76.8 cm³/mol. The summed E-state index contributed by atoms with van der Waals surface area (Å²) < 4.78 is 13.7. The second-order valence-electron chi connectivity index (χ2n) is 5.87. The number of aliphatic hydroxyl groups excluding tert-OH is 2. The molecule has 1 aliphatic rings. The zero-order valence-corrected chi connectivity index (χ0v) is 12.0. The molecule has 1 aromatic rings. The van der Waals surface area contributed by atoms with E-state index in [1.165, 1.54) is 6.07 Å². The lowest BCUT2D eigenvalue weighted by molar-refractivity contribution is 0.0900. The molecule has 0 aliphatic carbocycles. The first-order valence-electron chi connectivity index (χ1n) is 7.37. The van der Waals surface area contributed by atoms with E-state index < -0.39 is 6.10 Å². The maximum absolute atomic E-state index is 13.7. The minimum atomic E-state index is -0.770. The molecule has 0 amide bonds. The predicted octanol–water partition coefficient (Wildman–Crippen LogP) is 2.20. The average molecular weight is 281 g/mol. The quantitative estimate of drug-likeness (QED) is 0.840. The summed E-state index contributed by atoms with van der Waals surface area (Å²) in [4.78, 5) is 2.30. The molecule has 20 heavy (non-hydrogen) atoms. The molecule has 0 saturated carbocycles. The van der Waals surface area contributed by atoms with Crippen LogP contribution in [0.4, 0.5) is 4.39 Å². The number of aliphatic hydroxyl groups is 2. The molecule has 3 unspecified atom stereocenters. The lowest BCUT2D eigenvalue weighted by atomic mass is 9.96. The molecule has 1 aliphatic heterocycles.